The lowest BCUT2D eigenvalue weighted by atomic mass is 10.0. The first-order chi connectivity index (χ1) is 11.8. The molecule has 0 aliphatic carbocycles. The van der Waals surface area contributed by atoms with E-state index in [-0.39, 0.29) is 43.6 Å². The fourth-order valence-electron chi connectivity index (χ4n) is 2.47. The third-order valence-corrected chi connectivity index (χ3v) is 5.19. The zero-order chi connectivity index (χ0) is 18.0. The third kappa shape index (κ3) is 3.97. The number of aromatic nitrogens is 2. The quantitative estimate of drug-likeness (QED) is 0.738. The maximum atomic E-state index is 12.0. The highest BCUT2D eigenvalue weighted by atomic mass is 32.2. The van der Waals surface area contributed by atoms with Gasteiger partial charge in [0.2, 0.25) is 15.9 Å². The van der Waals surface area contributed by atoms with Crippen molar-refractivity contribution in [2.45, 2.75) is 6.54 Å². The molecule has 0 spiro atoms. The zero-order valence-electron chi connectivity index (χ0n) is 13.6. The van der Waals surface area contributed by atoms with Crippen molar-refractivity contribution in [1.29, 1.82) is 0 Å². The Labute approximate surface area is 144 Å². The Morgan fingerprint density at radius 3 is 2.76 bits per heavy atom. The number of carbonyl (C=O) groups excluding carboxylic acids is 1. The van der Waals surface area contributed by atoms with E-state index in [0.717, 1.165) is 6.26 Å². The van der Waals surface area contributed by atoms with Crippen LogP contribution in [-0.4, -0.2) is 54.3 Å². The average molecular weight is 366 g/mol. The van der Waals surface area contributed by atoms with Crippen molar-refractivity contribution in [3.63, 3.8) is 0 Å². The van der Waals surface area contributed by atoms with Crippen LogP contribution in [0.2, 0.25) is 0 Å². The first-order valence-corrected chi connectivity index (χ1v) is 9.54. The van der Waals surface area contributed by atoms with Gasteiger partial charge in [0.1, 0.15) is 5.69 Å². The molecule has 0 radical (unpaired) electrons. The van der Waals surface area contributed by atoms with Crippen molar-refractivity contribution >= 4 is 15.9 Å². The van der Waals surface area contributed by atoms with Crippen molar-refractivity contribution in [2.75, 3.05) is 25.9 Å². The monoisotopic (exact) mass is 366 g/mol. The summed E-state index contributed by atoms with van der Waals surface area (Å²) in [5, 5.41) is 6.91. The van der Waals surface area contributed by atoms with Crippen LogP contribution in [0.4, 0.5) is 0 Å². The second kappa shape index (κ2) is 6.81. The molecule has 0 atom stereocenters. The molecule has 2 aromatic heterocycles. The lowest BCUT2D eigenvalue weighted by Crippen LogP contribution is -2.55. The summed E-state index contributed by atoms with van der Waals surface area (Å²) >= 11 is 0. The number of nitrogens with zero attached hydrogens (tertiary/aromatic N) is 3. The Balaban J connectivity index is 1.53. The first kappa shape index (κ1) is 17.4. The molecule has 1 N–H and O–H groups in total. The third-order valence-electron chi connectivity index (χ3n) is 3.95. The van der Waals surface area contributed by atoms with E-state index >= 15 is 0 Å². The van der Waals surface area contributed by atoms with Crippen LogP contribution in [0.3, 0.4) is 0 Å². The summed E-state index contributed by atoms with van der Waals surface area (Å²) in [7, 11) is -3.24. The van der Waals surface area contributed by atoms with Crippen molar-refractivity contribution in [2.24, 2.45) is 5.92 Å². The smallest absolute Gasteiger partial charge is 0.266 e. The lowest BCUT2D eigenvalue weighted by Gasteiger charge is -2.35. The minimum Gasteiger partial charge on any atom is -0.463 e. The average Bonchev–Trinajstić information content (AvgIpc) is 3.00. The summed E-state index contributed by atoms with van der Waals surface area (Å²) in [5.41, 5.74) is 0.246. The highest BCUT2D eigenvalue weighted by molar-refractivity contribution is 7.88. The van der Waals surface area contributed by atoms with Crippen molar-refractivity contribution in [3.05, 3.63) is 40.9 Å². The molecule has 0 unspecified atom stereocenters. The van der Waals surface area contributed by atoms with Crippen LogP contribution in [-0.2, 0) is 21.4 Å². The van der Waals surface area contributed by atoms with Gasteiger partial charge in [0, 0.05) is 25.7 Å². The van der Waals surface area contributed by atoms with E-state index in [0.29, 0.717) is 11.5 Å². The minimum absolute atomic E-state index is 0.191. The number of amides is 1. The van der Waals surface area contributed by atoms with Crippen LogP contribution in [0.15, 0.2) is 39.7 Å². The van der Waals surface area contributed by atoms with Gasteiger partial charge in [0.05, 0.1) is 25.0 Å². The van der Waals surface area contributed by atoms with Gasteiger partial charge in [-0.3, -0.25) is 9.59 Å². The standard InChI is InChI=1S/C15H18N4O5S/c1-25(22,23)18-9-11(10-18)15(21)16-6-7-19-14(20)5-4-12(17-19)13-3-2-8-24-13/h2-5,8,11H,6-7,9-10H2,1H3,(H,16,21). The van der Waals surface area contributed by atoms with E-state index in [1.165, 1.54) is 21.3 Å². The van der Waals surface area contributed by atoms with E-state index in [4.69, 9.17) is 4.42 Å². The number of furan rings is 1. The highest BCUT2D eigenvalue weighted by Crippen LogP contribution is 2.18. The van der Waals surface area contributed by atoms with Gasteiger partial charge < -0.3 is 9.73 Å². The summed E-state index contributed by atoms with van der Waals surface area (Å²) in [6, 6.07) is 6.43. The van der Waals surface area contributed by atoms with E-state index in [2.05, 4.69) is 10.4 Å². The summed E-state index contributed by atoms with van der Waals surface area (Å²) in [6.45, 7) is 0.818. The molecule has 10 heteroatoms. The van der Waals surface area contributed by atoms with Gasteiger partial charge in [0.15, 0.2) is 5.76 Å². The summed E-state index contributed by atoms with van der Waals surface area (Å²) in [6.07, 6.45) is 2.64. The Bertz CT molecular complexity index is 914. The Kier molecular flexibility index (Phi) is 4.73. The molecule has 3 rings (SSSR count). The predicted molar refractivity (Wildman–Crippen MR) is 89.1 cm³/mol. The topological polar surface area (TPSA) is 115 Å². The Hall–Kier alpha value is -2.46. The number of rotatable bonds is 6. The zero-order valence-corrected chi connectivity index (χ0v) is 14.4. The molecule has 1 fully saturated rings. The summed E-state index contributed by atoms with van der Waals surface area (Å²) in [4.78, 5) is 23.8. The van der Waals surface area contributed by atoms with Crippen LogP contribution in [0.1, 0.15) is 0 Å². The number of hydrogen-bond donors (Lipinski definition) is 1. The maximum absolute atomic E-state index is 12.0. The van der Waals surface area contributed by atoms with Crippen LogP contribution in [0.5, 0.6) is 0 Å². The summed E-state index contributed by atoms with van der Waals surface area (Å²) < 4.78 is 30.3. The summed E-state index contributed by atoms with van der Waals surface area (Å²) in [5.74, 6) is -0.0304. The second-order valence-electron chi connectivity index (χ2n) is 5.83. The van der Waals surface area contributed by atoms with Crippen LogP contribution >= 0.6 is 0 Å². The minimum atomic E-state index is -3.24. The van der Waals surface area contributed by atoms with Crippen LogP contribution in [0, 0.1) is 5.92 Å². The molecule has 1 aliphatic heterocycles. The molecule has 9 nitrogen and oxygen atoms in total. The largest absolute Gasteiger partial charge is 0.463 e. The first-order valence-electron chi connectivity index (χ1n) is 7.69. The molecule has 0 bridgehead atoms. The maximum Gasteiger partial charge on any atom is 0.266 e. The van der Waals surface area contributed by atoms with Gasteiger partial charge in [-0.15, -0.1) is 0 Å². The van der Waals surface area contributed by atoms with Crippen LogP contribution < -0.4 is 10.9 Å². The van der Waals surface area contributed by atoms with Gasteiger partial charge in [-0.1, -0.05) is 0 Å². The number of hydrogen-bond acceptors (Lipinski definition) is 6. The number of sulfonamides is 1. The fraction of sp³-hybridized carbons (Fsp3) is 0.400. The SMILES string of the molecule is CS(=O)(=O)N1CC(C(=O)NCCn2nc(-c3ccco3)ccc2=O)C1. The molecule has 2 aromatic rings. The highest BCUT2D eigenvalue weighted by Gasteiger charge is 2.37. The van der Waals surface area contributed by atoms with Crippen molar-refractivity contribution in [3.8, 4) is 11.5 Å². The van der Waals surface area contributed by atoms with Gasteiger partial charge in [-0.25, -0.2) is 17.4 Å². The molecule has 134 valence electrons. The van der Waals surface area contributed by atoms with Crippen molar-refractivity contribution in [1.82, 2.24) is 19.4 Å². The second-order valence-corrected chi connectivity index (χ2v) is 7.81. The van der Waals surface area contributed by atoms with E-state index in [1.54, 1.807) is 18.2 Å². The fourth-order valence-corrected chi connectivity index (χ4v) is 3.37. The molecular formula is C15H18N4O5S. The normalized spacial score (nSPS) is 15.7. The Morgan fingerprint density at radius 2 is 2.12 bits per heavy atom. The molecule has 0 aromatic carbocycles. The van der Waals surface area contributed by atoms with Crippen LogP contribution in [0.25, 0.3) is 11.5 Å². The number of nitrogens with one attached hydrogen (secondary N) is 1. The molecule has 1 amide bonds. The van der Waals surface area contributed by atoms with E-state index < -0.39 is 10.0 Å². The number of carbonyl (C=O) groups is 1. The molecule has 1 aliphatic rings. The predicted octanol–water partition coefficient (Wildman–Crippen LogP) is -0.489. The van der Waals surface area contributed by atoms with Gasteiger partial charge >= 0.3 is 0 Å². The molecular weight excluding hydrogens is 348 g/mol. The molecule has 0 saturated carbocycles. The van der Waals surface area contributed by atoms with Gasteiger partial charge in [0.25, 0.3) is 5.56 Å². The van der Waals surface area contributed by atoms with Crippen molar-refractivity contribution < 1.29 is 17.6 Å². The van der Waals surface area contributed by atoms with Gasteiger partial charge in [-0.2, -0.15) is 5.10 Å². The Morgan fingerprint density at radius 1 is 1.36 bits per heavy atom. The molecule has 1 saturated heterocycles. The molecule has 25 heavy (non-hydrogen) atoms. The molecule has 3 heterocycles. The lowest BCUT2D eigenvalue weighted by molar-refractivity contribution is -0.128. The van der Waals surface area contributed by atoms with E-state index in [9.17, 15) is 18.0 Å². The van der Waals surface area contributed by atoms with E-state index in [1.807, 2.05) is 0 Å². The van der Waals surface area contributed by atoms with Gasteiger partial charge in [-0.05, 0) is 18.2 Å².